The maximum atomic E-state index is 12.0. The second-order valence-electron chi connectivity index (χ2n) is 5.90. The summed E-state index contributed by atoms with van der Waals surface area (Å²) in [6.45, 7) is 8.56. The highest BCUT2D eigenvalue weighted by atomic mass is 32.1. The quantitative estimate of drug-likeness (QED) is 0.768. The van der Waals surface area contributed by atoms with Gasteiger partial charge in [0, 0.05) is 4.88 Å². The van der Waals surface area contributed by atoms with E-state index in [1.54, 1.807) is 0 Å². The summed E-state index contributed by atoms with van der Waals surface area (Å²) in [5.41, 5.74) is 1.28. The Bertz CT molecular complexity index is 605. The lowest BCUT2D eigenvalue weighted by Gasteiger charge is -2.19. The van der Waals surface area contributed by atoms with Gasteiger partial charge in [-0.25, -0.2) is 0 Å². The number of Topliss-reactive ketones (excluding diaryl/α,β-unsaturated/α-hetero) is 1. The van der Waals surface area contributed by atoms with Gasteiger partial charge in [0.1, 0.15) is 5.75 Å². The summed E-state index contributed by atoms with van der Waals surface area (Å²) in [5, 5.41) is 0. The van der Waals surface area contributed by atoms with Gasteiger partial charge in [-0.2, -0.15) is 0 Å². The highest BCUT2D eigenvalue weighted by Gasteiger charge is 2.14. The van der Waals surface area contributed by atoms with Crippen molar-refractivity contribution in [2.24, 2.45) is 0 Å². The number of benzene rings is 1. The van der Waals surface area contributed by atoms with Crippen molar-refractivity contribution >= 4 is 17.1 Å². The van der Waals surface area contributed by atoms with E-state index in [0.29, 0.717) is 0 Å². The molecule has 0 radical (unpaired) electrons. The molecular formula is C17H20O2S. The zero-order valence-corrected chi connectivity index (χ0v) is 13.2. The van der Waals surface area contributed by atoms with Gasteiger partial charge in [-0.1, -0.05) is 32.9 Å². The van der Waals surface area contributed by atoms with Gasteiger partial charge in [-0.3, -0.25) is 4.79 Å². The summed E-state index contributed by atoms with van der Waals surface area (Å²) in [7, 11) is 0. The van der Waals surface area contributed by atoms with E-state index in [0.717, 1.165) is 15.5 Å². The van der Waals surface area contributed by atoms with Crippen molar-refractivity contribution in [1.29, 1.82) is 0 Å². The molecule has 106 valence electrons. The molecule has 0 fully saturated rings. The SMILES string of the molecule is Cc1ccc(C(=O)COc2cccc(C(C)(C)C)c2)s1. The molecule has 2 rings (SSSR count). The van der Waals surface area contributed by atoms with Crippen molar-refractivity contribution in [3.8, 4) is 5.75 Å². The predicted octanol–water partition coefficient (Wildman–Crippen LogP) is 4.62. The number of rotatable bonds is 4. The number of carbonyl (C=O) groups excluding carboxylic acids is 1. The first-order chi connectivity index (χ1) is 9.36. The summed E-state index contributed by atoms with van der Waals surface area (Å²) >= 11 is 1.51. The molecule has 20 heavy (non-hydrogen) atoms. The Morgan fingerprint density at radius 3 is 2.55 bits per heavy atom. The third-order valence-corrected chi connectivity index (χ3v) is 4.13. The highest BCUT2D eigenvalue weighted by Crippen LogP contribution is 2.25. The van der Waals surface area contributed by atoms with E-state index in [9.17, 15) is 4.79 Å². The lowest BCUT2D eigenvalue weighted by Crippen LogP contribution is -2.13. The molecule has 0 aliphatic carbocycles. The Hall–Kier alpha value is -1.61. The summed E-state index contributed by atoms with van der Waals surface area (Å²) in [5.74, 6) is 0.781. The van der Waals surface area contributed by atoms with Crippen molar-refractivity contribution in [2.45, 2.75) is 33.1 Å². The Kier molecular flexibility index (Phi) is 4.29. The van der Waals surface area contributed by atoms with Crippen LogP contribution in [0.4, 0.5) is 0 Å². The van der Waals surface area contributed by atoms with Gasteiger partial charge in [-0.15, -0.1) is 11.3 Å². The average molecular weight is 288 g/mol. The van der Waals surface area contributed by atoms with Crippen molar-refractivity contribution < 1.29 is 9.53 Å². The lowest BCUT2D eigenvalue weighted by molar-refractivity contribution is 0.0925. The van der Waals surface area contributed by atoms with Gasteiger partial charge in [-0.05, 0) is 42.2 Å². The molecule has 1 aromatic heterocycles. The molecule has 0 aliphatic heterocycles. The molecule has 0 unspecified atom stereocenters. The largest absolute Gasteiger partial charge is 0.485 e. The number of hydrogen-bond acceptors (Lipinski definition) is 3. The molecule has 2 nitrogen and oxygen atoms in total. The summed E-state index contributed by atoms with van der Waals surface area (Å²) in [6.07, 6.45) is 0. The topological polar surface area (TPSA) is 26.3 Å². The Morgan fingerprint density at radius 2 is 1.95 bits per heavy atom. The second-order valence-corrected chi connectivity index (χ2v) is 7.19. The van der Waals surface area contributed by atoms with Gasteiger partial charge < -0.3 is 4.74 Å². The average Bonchev–Trinajstić information content (AvgIpc) is 2.82. The first kappa shape index (κ1) is 14.8. The predicted molar refractivity (Wildman–Crippen MR) is 84.0 cm³/mol. The smallest absolute Gasteiger partial charge is 0.210 e. The van der Waals surface area contributed by atoms with Crippen LogP contribution in [0.5, 0.6) is 5.75 Å². The van der Waals surface area contributed by atoms with Gasteiger partial charge >= 0.3 is 0 Å². The molecule has 0 bridgehead atoms. The van der Waals surface area contributed by atoms with Crippen LogP contribution in [-0.4, -0.2) is 12.4 Å². The number of carbonyl (C=O) groups is 1. The molecule has 0 saturated heterocycles. The summed E-state index contributed by atoms with van der Waals surface area (Å²) in [6, 6.07) is 11.8. The molecule has 1 aromatic carbocycles. The van der Waals surface area contributed by atoms with Crippen LogP contribution in [0.3, 0.4) is 0 Å². The minimum atomic E-state index is 0.0317. The minimum Gasteiger partial charge on any atom is -0.485 e. The van der Waals surface area contributed by atoms with Crippen molar-refractivity contribution in [2.75, 3.05) is 6.61 Å². The number of ether oxygens (including phenoxy) is 1. The van der Waals surface area contributed by atoms with Gasteiger partial charge in [0.15, 0.2) is 6.61 Å². The molecule has 1 heterocycles. The van der Waals surface area contributed by atoms with E-state index in [1.807, 2.05) is 37.3 Å². The molecule has 0 spiro atoms. The first-order valence-corrected chi connectivity index (χ1v) is 7.51. The zero-order valence-electron chi connectivity index (χ0n) is 12.4. The maximum absolute atomic E-state index is 12.0. The van der Waals surface area contributed by atoms with E-state index in [4.69, 9.17) is 4.74 Å². The summed E-state index contributed by atoms with van der Waals surface area (Å²) in [4.78, 5) is 13.9. The Labute approximate surface area is 124 Å². The van der Waals surface area contributed by atoms with Gasteiger partial charge in [0.25, 0.3) is 0 Å². The molecule has 0 N–H and O–H groups in total. The van der Waals surface area contributed by atoms with E-state index < -0.39 is 0 Å². The van der Waals surface area contributed by atoms with Crippen molar-refractivity contribution in [3.05, 3.63) is 51.7 Å². The minimum absolute atomic E-state index is 0.0317. The van der Waals surface area contributed by atoms with Crippen LogP contribution >= 0.6 is 11.3 Å². The van der Waals surface area contributed by atoms with Crippen molar-refractivity contribution in [3.63, 3.8) is 0 Å². The number of thiophene rings is 1. The van der Waals surface area contributed by atoms with E-state index in [2.05, 4.69) is 26.8 Å². The second kappa shape index (κ2) is 5.80. The molecular weight excluding hydrogens is 268 g/mol. The zero-order chi connectivity index (χ0) is 14.8. The van der Waals surface area contributed by atoms with Crippen molar-refractivity contribution in [1.82, 2.24) is 0 Å². The molecule has 0 atom stereocenters. The van der Waals surface area contributed by atoms with Crippen LogP contribution in [0.15, 0.2) is 36.4 Å². The van der Waals surface area contributed by atoms with E-state index >= 15 is 0 Å². The number of hydrogen-bond donors (Lipinski definition) is 0. The molecule has 2 aromatic rings. The van der Waals surface area contributed by atoms with Crippen LogP contribution in [0.25, 0.3) is 0 Å². The fourth-order valence-electron chi connectivity index (χ4n) is 1.86. The molecule has 0 amide bonds. The third-order valence-electron chi connectivity index (χ3n) is 3.09. The van der Waals surface area contributed by atoms with E-state index in [-0.39, 0.29) is 17.8 Å². The number of ketones is 1. The third kappa shape index (κ3) is 3.70. The fourth-order valence-corrected chi connectivity index (χ4v) is 2.65. The molecule has 0 saturated carbocycles. The maximum Gasteiger partial charge on any atom is 0.210 e. The first-order valence-electron chi connectivity index (χ1n) is 6.69. The highest BCUT2D eigenvalue weighted by molar-refractivity contribution is 7.14. The van der Waals surface area contributed by atoms with Gasteiger partial charge in [0.2, 0.25) is 5.78 Å². The van der Waals surface area contributed by atoms with E-state index in [1.165, 1.54) is 16.9 Å². The monoisotopic (exact) mass is 288 g/mol. The Morgan fingerprint density at radius 1 is 1.20 bits per heavy atom. The van der Waals surface area contributed by atoms with Crippen LogP contribution in [0.2, 0.25) is 0 Å². The lowest BCUT2D eigenvalue weighted by atomic mass is 9.87. The van der Waals surface area contributed by atoms with Gasteiger partial charge in [0.05, 0.1) is 4.88 Å². The van der Waals surface area contributed by atoms with Crippen LogP contribution in [-0.2, 0) is 5.41 Å². The number of aryl methyl sites for hydroxylation is 1. The standard InChI is InChI=1S/C17H20O2S/c1-12-8-9-16(20-12)15(18)11-19-14-7-5-6-13(10-14)17(2,3)4/h5-10H,11H2,1-4H3. The van der Waals surface area contributed by atoms with Crippen LogP contribution < -0.4 is 4.74 Å². The summed E-state index contributed by atoms with van der Waals surface area (Å²) < 4.78 is 5.62. The molecule has 3 heteroatoms. The van der Waals surface area contributed by atoms with Crippen LogP contribution in [0, 0.1) is 6.92 Å². The van der Waals surface area contributed by atoms with Crippen LogP contribution in [0.1, 0.15) is 40.9 Å². The fraction of sp³-hybridized carbons (Fsp3) is 0.353. The normalized spacial score (nSPS) is 11.4. The Balaban J connectivity index is 2.02. The molecule has 0 aliphatic rings.